The summed E-state index contributed by atoms with van der Waals surface area (Å²) in [6.07, 6.45) is -1.69. The summed E-state index contributed by atoms with van der Waals surface area (Å²) >= 11 is 0. The summed E-state index contributed by atoms with van der Waals surface area (Å²) in [7, 11) is 2.47. The molecule has 0 rings (SSSR count). The molecule has 0 aromatic rings. The van der Waals surface area contributed by atoms with Crippen molar-refractivity contribution < 1.29 is 13.9 Å². The molecule has 4 heteroatoms. The number of ether oxygens (including phenoxy) is 1. The molecule has 0 heterocycles. The SMILES string of the molecule is CNC(F)C(=O)OC. The monoisotopic (exact) mass is 121 g/mol. The lowest BCUT2D eigenvalue weighted by Crippen LogP contribution is -2.30. The van der Waals surface area contributed by atoms with Gasteiger partial charge in [-0.3, -0.25) is 5.32 Å². The first-order valence-electron chi connectivity index (χ1n) is 2.11. The third-order valence-electron chi connectivity index (χ3n) is 0.662. The van der Waals surface area contributed by atoms with Gasteiger partial charge in [-0.2, -0.15) is 0 Å². The van der Waals surface area contributed by atoms with Crippen LogP contribution >= 0.6 is 0 Å². The second-order valence-corrected chi connectivity index (χ2v) is 1.17. The van der Waals surface area contributed by atoms with Crippen molar-refractivity contribution in [1.29, 1.82) is 0 Å². The summed E-state index contributed by atoms with van der Waals surface area (Å²) < 4.78 is 16.0. The highest BCUT2D eigenvalue weighted by Gasteiger charge is 2.12. The highest BCUT2D eigenvalue weighted by Crippen LogP contribution is 1.85. The number of hydrogen-bond donors (Lipinski definition) is 1. The van der Waals surface area contributed by atoms with Crippen molar-refractivity contribution in [3.05, 3.63) is 0 Å². The number of likely N-dealkylation sites (N-methyl/N-ethyl adjacent to an activating group) is 1. The minimum atomic E-state index is -1.69. The van der Waals surface area contributed by atoms with Crippen LogP contribution in [0.4, 0.5) is 4.39 Å². The number of halogens is 1. The zero-order chi connectivity index (χ0) is 6.57. The molecule has 0 radical (unpaired) electrons. The lowest BCUT2D eigenvalue weighted by molar-refractivity contribution is -0.147. The van der Waals surface area contributed by atoms with Crippen LogP contribution in [0.5, 0.6) is 0 Å². The van der Waals surface area contributed by atoms with Gasteiger partial charge in [-0.1, -0.05) is 0 Å². The highest BCUT2D eigenvalue weighted by molar-refractivity contribution is 5.73. The summed E-state index contributed by atoms with van der Waals surface area (Å²) in [5.74, 6) is -0.896. The van der Waals surface area contributed by atoms with Crippen LogP contribution in [-0.2, 0) is 9.53 Å². The normalized spacial score (nSPS) is 12.9. The minimum absolute atomic E-state index is 0.896. The number of hydrogen-bond acceptors (Lipinski definition) is 3. The second-order valence-electron chi connectivity index (χ2n) is 1.17. The lowest BCUT2D eigenvalue weighted by Gasteiger charge is -2.01. The van der Waals surface area contributed by atoms with Crippen molar-refractivity contribution in [2.45, 2.75) is 6.30 Å². The molecular weight excluding hydrogens is 113 g/mol. The van der Waals surface area contributed by atoms with E-state index in [-0.39, 0.29) is 0 Å². The third kappa shape index (κ3) is 1.88. The van der Waals surface area contributed by atoms with Gasteiger partial charge in [0, 0.05) is 0 Å². The number of alkyl halides is 1. The zero-order valence-electron chi connectivity index (χ0n) is 4.77. The van der Waals surface area contributed by atoms with Crippen LogP contribution in [0.15, 0.2) is 0 Å². The summed E-state index contributed by atoms with van der Waals surface area (Å²) in [5.41, 5.74) is 0. The second kappa shape index (κ2) is 3.37. The average molecular weight is 121 g/mol. The Morgan fingerprint density at radius 3 is 2.50 bits per heavy atom. The fraction of sp³-hybridized carbons (Fsp3) is 0.750. The van der Waals surface area contributed by atoms with E-state index in [2.05, 4.69) is 10.1 Å². The van der Waals surface area contributed by atoms with Crippen LogP contribution in [0.25, 0.3) is 0 Å². The van der Waals surface area contributed by atoms with Crippen LogP contribution < -0.4 is 5.32 Å². The van der Waals surface area contributed by atoms with Gasteiger partial charge in [0.25, 0.3) is 0 Å². The Kier molecular flexibility index (Phi) is 3.10. The van der Waals surface area contributed by atoms with E-state index in [0.29, 0.717) is 0 Å². The third-order valence-corrected chi connectivity index (χ3v) is 0.662. The molecule has 48 valence electrons. The van der Waals surface area contributed by atoms with Crippen LogP contribution in [-0.4, -0.2) is 26.4 Å². The quantitative estimate of drug-likeness (QED) is 0.401. The summed E-state index contributed by atoms with van der Waals surface area (Å²) in [6, 6.07) is 0. The molecule has 3 nitrogen and oxygen atoms in total. The first-order valence-corrected chi connectivity index (χ1v) is 2.11. The number of methoxy groups -OCH3 is 1. The van der Waals surface area contributed by atoms with E-state index in [1.807, 2.05) is 0 Å². The Morgan fingerprint density at radius 1 is 1.88 bits per heavy atom. The van der Waals surface area contributed by atoms with Crippen LogP contribution in [0.3, 0.4) is 0 Å². The molecule has 0 aromatic carbocycles. The van der Waals surface area contributed by atoms with Crippen LogP contribution in [0.2, 0.25) is 0 Å². The molecule has 0 aromatic heterocycles. The van der Waals surface area contributed by atoms with Gasteiger partial charge >= 0.3 is 5.97 Å². The van der Waals surface area contributed by atoms with E-state index in [4.69, 9.17) is 0 Å². The Balaban J connectivity index is 3.46. The van der Waals surface area contributed by atoms with Gasteiger partial charge in [-0.15, -0.1) is 0 Å². The molecule has 0 saturated heterocycles. The molecule has 0 spiro atoms. The summed E-state index contributed by atoms with van der Waals surface area (Å²) in [4.78, 5) is 10.1. The molecule has 0 aliphatic rings. The standard InChI is InChI=1S/C4H8FNO2/c1-6-3(5)4(7)8-2/h3,6H,1-2H3. The minimum Gasteiger partial charge on any atom is -0.466 e. The average Bonchev–Trinajstić information content (AvgIpc) is 1.84. The topological polar surface area (TPSA) is 38.3 Å². The van der Waals surface area contributed by atoms with Crippen molar-refractivity contribution in [3.63, 3.8) is 0 Å². The largest absolute Gasteiger partial charge is 0.466 e. The van der Waals surface area contributed by atoms with Crippen molar-refractivity contribution >= 4 is 5.97 Å². The molecule has 0 fully saturated rings. The first-order chi connectivity index (χ1) is 3.72. The number of esters is 1. The van der Waals surface area contributed by atoms with E-state index in [1.54, 1.807) is 0 Å². The van der Waals surface area contributed by atoms with Gasteiger partial charge in [0.1, 0.15) is 0 Å². The molecule has 1 atom stereocenters. The molecule has 0 amide bonds. The van der Waals surface area contributed by atoms with E-state index >= 15 is 0 Å². The van der Waals surface area contributed by atoms with Crippen LogP contribution in [0.1, 0.15) is 0 Å². The van der Waals surface area contributed by atoms with Crippen molar-refractivity contribution in [3.8, 4) is 0 Å². The molecule has 1 N–H and O–H groups in total. The molecule has 0 bridgehead atoms. The van der Waals surface area contributed by atoms with Gasteiger partial charge in [0.05, 0.1) is 7.11 Å². The number of carbonyl (C=O) groups is 1. The van der Waals surface area contributed by atoms with Crippen molar-refractivity contribution in [1.82, 2.24) is 5.32 Å². The molecule has 8 heavy (non-hydrogen) atoms. The highest BCUT2D eigenvalue weighted by atomic mass is 19.1. The Labute approximate surface area is 46.8 Å². The number of carbonyl (C=O) groups excluding carboxylic acids is 1. The maximum absolute atomic E-state index is 11.9. The van der Waals surface area contributed by atoms with Crippen molar-refractivity contribution in [2.24, 2.45) is 0 Å². The zero-order valence-corrected chi connectivity index (χ0v) is 4.77. The Morgan fingerprint density at radius 2 is 2.38 bits per heavy atom. The fourth-order valence-corrected chi connectivity index (χ4v) is 0.221. The number of nitrogens with one attached hydrogen (secondary N) is 1. The van der Waals surface area contributed by atoms with E-state index in [9.17, 15) is 9.18 Å². The number of rotatable bonds is 2. The van der Waals surface area contributed by atoms with Gasteiger partial charge < -0.3 is 4.74 Å². The Bertz CT molecular complexity index is 86.1. The molecule has 0 aliphatic carbocycles. The van der Waals surface area contributed by atoms with Gasteiger partial charge in [0.2, 0.25) is 6.30 Å². The lowest BCUT2D eigenvalue weighted by atomic mass is 10.6. The van der Waals surface area contributed by atoms with Gasteiger partial charge in [-0.25, -0.2) is 9.18 Å². The molecule has 1 unspecified atom stereocenters. The van der Waals surface area contributed by atoms with Crippen molar-refractivity contribution in [2.75, 3.05) is 14.2 Å². The van der Waals surface area contributed by atoms with E-state index < -0.39 is 12.3 Å². The first kappa shape index (κ1) is 7.36. The van der Waals surface area contributed by atoms with E-state index in [0.717, 1.165) is 7.11 Å². The smallest absolute Gasteiger partial charge is 0.355 e. The Hall–Kier alpha value is -0.640. The molecule has 0 saturated carbocycles. The molecular formula is C4H8FNO2. The van der Waals surface area contributed by atoms with Gasteiger partial charge in [0.15, 0.2) is 0 Å². The predicted octanol–water partition coefficient (Wildman–Crippen LogP) is -0.326. The fourth-order valence-electron chi connectivity index (χ4n) is 0.221. The summed E-state index contributed by atoms with van der Waals surface area (Å²) in [6.45, 7) is 0. The van der Waals surface area contributed by atoms with E-state index in [1.165, 1.54) is 7.05 Å². The predicted molar refractivity (Wildman–Crippen MR) is 26.0 cm³/mol. The molecule has 0 aliphatic heterocycles. The summed E-state index contributed by atoms with van der Waals surface area (Å²) in [5, 5.41) is 2.07. The van der Waals surface area contributed by atoms with Gasteiger partial charge in [-0.05, 0) is 7.05 Å². The maximum atomic E-state index is 11.9. The van der Waals surface area contributed by atoms with Crippen LogP contribution in [0, 0.1) is 0 Å². The maximum Gasteiger partial charge on any atom is 0.355 e.